The van der Waals surface area contributed by atoms with Crippen LogP contribution in [-0.4, -0.2) is 37.2 Å². The molecule has 0 rings (SSSR count). The van der Waals surface area contributed by atoms with Crippen LogP contribution >= 0.6 is 0 Å². The maximum absolute atomic E-state index is 12.8. The Morgan fingerprint density at radius 1 is 0.294 bits per heavy atom. The van der Waals surface area contributed by atoms with Crippen molar-refractivity contribution in [1.29, 1.82) is 0 Å². The molecule has 0 aromatic heterocycles. The lowest BCUT2D eigenvalue weighted by molar-refractivity contribution is -0.167. The van der Waals surface area contributed by atoms with Gasteiger partial charge in [-0.15, -0.1) is 0 Å². The molecule has 0 aromatic rings. The van der Waals surface area contributed by atoms with Crippen LogP contribution in [0.25, 0.3) is 0 Å². The lowest BCUT2D eigenvalue weighted by Crippen LogP contribution is -2.30. The van der Waals surface area contributed by atoms with Crippen molar-refractivity contribution >= 4 is 17.9 Å². The Hall–Kier alpha value is -2.63. The summed E-state index contributed by atoms with van der Waals surface area (Å²) in [6.45, 7) is 6.64. The van der Waals surface area contributed by atoms with Crippen LogP contribution in [0.4, 0.5) is 0 Å². The Balaban J connectivity index is 4.31. The minimum Gasteiger partial charge on any atom is -0.462 e. The van der Waals surface area contributed by atoms with Gasteiger partial charge in [0.2, 0.25) is 0 Å². The Morgan fingerprint density at radius 3 is 0.838 bits per heavy atom. The number of carbonyl (C=O) groups excluding carboxylic acids is 3. The van der Waals surface area contributed by atoms with E-state index in [2.05, 4.69) is 69.4 Å². The van der Waals surface area contributed by atoms with Crippen molar-refractivity contribution in [3.05, 3.63) is 48.6 Å². The van der Waals surface area contributed by atoms with Crippen LogP contribution in [0.2, 0.25) is 0 Å². The Labute approximate surface area is 422 Å². The van der Waals surface area contributed by atoms with E-state index in [0.29, 0.717) is 19.3 Å². The smallest absolute Gasteiger partial charge is 0.306 e. The second-order valence-corrected chi connectivity index (χ2v) is 19.9. The second-order valence-electron chi connectivity index (χ2n) is 19.9. The van der Waals surface area contributed by atoms with E-state index in [0.717, 1.165) is 83.5 Å². The summed E-state index contributed by atoms with van der Waals surface area (Å²) in [5.74, 6) is -0.878. The molecule has 0 saturated carbocycles. The summed E-state index contributed by atoms with van der Waals surface area (Å²) in [5, 5.41) is 0. The number of hydrogen-bond acceptors (Lipinski definition) is 6. The van der Waals surface area contributed by atoms with Gasteiger partial charge in [-0.05, 0) is 83.5 Å². The van der Waals surface area contributed by atoms with Crippen LogP contribution < -0.4 is 0 Å². The van der Waals surface area contributed by atoms with Crippen LogP contribution in [0.15, 0.2) is 48.6 Å². The molecule has 0 spiro atoms. The van der Waals surface area contributed by atoms with E-state index in [9.17, 15) is 14.4 Å². The zero-order valence-corrected chi connectivity index (χ0v) is 45.4. The van der Waals surface area contributed by atoms with E-state index in [-0.39, 0.29) is 31.1 Å². The van der Waals surface area contributed by atoms with Crippen molar-refractivity contribution in [2.75, 3.05) is 13.2 Å². The Bertz CT molecular complexity index is 1190. The van der Waals surface area contributed by atoms with E-state index >= 15 is 0 Å². The van der Waals surface area contributed by atoms with Crippen molar-refractivity contribution in [2.45, 2.75) is 316 Å². The third-order valence-electron chi connectivity index (χ3n) is 13.1. The Morgan fingerprint density at radius 2 is 0.529 bits per heavy atom. The van der Waals surface area contributed by atoms with Gasteiger partial charge in [-0.2, -0.15) is 0 Å². The van der Waals surface area contributed by atoms with Gasteiger partial charge in [0, 0.05) is 19.3 Å². The molecule has 0 aliphatic rings. The standard InChI is InChI=1S/C62H112O6/c1-4-7-10-13-16-19-22-25-27-28-29-30-31-32-33-34-36-37-40-43-46-49-52-55-61(64)67-58-59(57-66-60(63)54-51-48-45-42-39-24-21-18-15-12-9-6-3)68-62(65)56-53-50-47-44-41-38-35-26-23-20-17-14-11-8-5-2/h22,25-26,28-29,31-32,35,59H,4-21,23-24,27,30,33-34,36-58H2,1-3H3/b25-22-,29-28-,32-31-,35-26-. The first-order chi connectivity index (χ1) is 33.5. The number of rotatable bonds is 54. The molecule has 0 heterocycles. The van der Waals surface area contributed by atoms with Gasteiger partial charge in [0.25, 0.3) is 0 Å². The highest BCUT2D eigenvalue weighted by molar-refractivity contribution is 5.71. The number of unbranched alkanes of at least 4 members (excludes halogenated alkanes) is 35. The molecule has 0 bridgehead atoms. The fourth-order valence-corrected chi connectivity index (χ4v) is 8.56. The molecule has 0 aliphatic carbocycles. The molecule has 0 amide bonds. The monoisotopic (exact) mass is 953 g/mol. The average molecular weight is 954 g/mol. The van der Waals surface area contributed by atoms with Crippen LogP contribution in [0.3, 0.4) is 0 Å². The summed E-state index contributed by atoms with van der Waals surface area (Å²) >= 11 is 0. The van der Waals surface area contributed by atoms with Crippen molar-refractivity contribution in [2.24, 2.45) is 0 Å². The number of esters is 3. The lowest BCUT2D eigenvalue weighted by atomic mass is 10.0. The fourth-order valence-electron chi connectivity index (χ4n) is 8.56. The van der Waals surface area contributed by atoms with Gasteiger partial charge >= 0.3 is 17.9 Å². The van der Waals surface area contributed by atoms with Gasteiger partial charge in [0.15, 0.2) is 6.10 Å². The largest absolute Gasteiger partial charge is 0.462 e. The van der Waals surface area contributed by atoms with Crippen LogP contribution in [0, 0.1) is 0 Å². The quantitative estimate of drug-likeness (QED) is 0.0262. The summed E-state index contributed by atoms with van der Waals surface area (Å²) in [5.41, 5.74) is 0. The normalized spacial score (nSPS) is 12.3. The third kappa shape index (κ3) is 54.3. The maximum Gasteiger partial charge on any atom is 0.306 e. The summed E-state index contributed by atoms with van der Waals surface area (Å²) in [7, 11) is 0. The Kier molecular flexibility index (Phi) is 54.8. The van der Waals surface area contributed by atoms with E-state index in [1.54, 1.807) is 0 Å². The van der Waals surface area contributed by atoms with E-state index in [1.807, 2.05) is 0 Å². The summed E-state index contributed by atoms with van der Waals surface area (Å²) in [6.07, 6.45) is 69.6. The van der Waals surface area contributed by atoms with Gasteiger partial charge < -0.3 is 14.2 Å². The first-order valence-corrected chi connectivity index (χ1v) is 29.6. The second kappa shape index (κ2) is 57.0. The lowest BCUT2D eigenvalue weighted by Gasteiger charge is -2.18. The summed E-state index contributed by atoms with van der Waals surface area (Å²) < 4.78 is 16.9. The highest BCUT2D eigenvalue weighted by Crippen LogP contribution is 2.16. The zero-order valence-electron chi connectivity index (χ0n) is 45.4. The number of carbonyl (C=O) groups is 3. The molecule has 6 nitrogen and oxygen atoms in total. The fraction of sp³-hybridized carbons (Fsp3) is 0.823. The van der Waals surface area contributed by atoms with Gasteiger partial charge in [0.1, 0.15) is 13.2 Å². The van der Waals surface area contributed by atoms with Gasteiger partial charge in [0.05, 0.1) is 0 Å². The van der Waals surface area contributed by atoms with Crippen molar-refractivity contribution in [3.63, 3.8) is 0 Å². The zero-order chi connectivity index (χ0) is 49.3. The molecule has 0 N–H and O–H groups in total. The minimum absolute atomic E-state index is 0.0758. The molecule has 6 heteroatoms. The molecule has 0 aliphatic heterocycles. The average Bonchev–Trinajstić information content (AvgIpc) is 3.34. The SMILES string of the molecule is CCCCCCC/C=C\C/C=C\C/C=C\CCCCCCCCCCC(=O)OCC(COC(=O)CCCCCCCCCCCCCC)OC(=O)CCCCCCC/C=C\CCCCCCCC. The molecule has 1 unspecified atom stereocenters. The van der Waals surface area contributed by atoms with Crippen molar-refractivity contribution < 1.29 is 28.6 Å². The van der Waals surface area contributed by atoms with Crippen LogP contribution in [0.5, 0.6) is 0 Å². The van der Waals surface area contributed by atoms with E-state index < -0.39 is 6.10 Å². The van der Waals surface area contributed by atoms with Crippen molar-refractivity contribution in [1.82, 2.24) is 0 Å². The third-order valence-corrected chi connectivity index (χ3v) is 13.1. The number of hydrogen-bond donors (Lipinski definition) is 0. The molecule has 0 saturated heterocycles. The van der Waals surface area contributed by atoms with E-state index in [1.165, 1.54) is 186 Å². The molecular weight excluding hydrogens is 841 g/mol. The van der Waals surface area contributed by atoms with Crippen LogP contribution in [-0.2, 0) is 28.6 Å². The molecule has 68 heavy (non-hydrogen) atoms. The van der Waals surface area contributed by atoms with Crippen molar-refractivity contribution in [3.8, 4) is 0 Å². The van der Waals surface area contributed by atoms with Gasteiger partial charge in [-0.25, -0.2) is 0 Å². The predicted octanol–water partition coefficient (Wildman–Crippen LogP) is 19.8. The van der Waals surface area contributed by atoms with Crippen LogP contribution in [0.1, 0.15) is 310 Å². The summed E-state index contributed by atoms with van der Waals surface area (Å²) in [4.78, 5) is 38.1. The number of ether oxygens (including phenoxy) is 3. The first kappa shape index (κ1) is 65.4. The topological polar surface area (TPSA) is 78.9 Å². The highest BCUT2D eigenvalue weighted by Gasteiger charge is 2.19. The van der Waals surface area contributed by atoms with E-state index in [4.69, 9.17) is 14.2 Å². The predicted molar refractivity (Wildman–Crippen MR) is 293 cm³/mol. The van der Waals surface area contributed by atoms with Gasteiger partial charge in [-0.1, -0.05) is 256 Å². The molecule has 1 atom stereocenters. The number of allylic oxidation sites excluding steroid dienone is 8. The molecule has 0 aromatic carbocycles. The molecule has 0 radical (unpaired) electrons. The highest BCUT2D eigenvalue weighted by atomic mass is 16.6. The molecule has 0 fully saturated rings. The summed E-state index contributed by atoms with van der Waals surface area (Å²) in [6, 6.07) is 0. The minimum atomic E-state index is -0.778. The first-order valence-electron chi connectivity index (χ1n) is 29.6. The van der Waals surface area contributed by atoms with Gasteiger partial charge in [-0.3, -0.25) is 14.4 Å². The molecule has 396 valence electrons. The maximum atomic E-state index is 12.8. The molecular formula is C62H112O6.